The Morgan fingerprint density at radius 3 is 2.58 bits per heavy atom. The van der Waals surface area contributed by atoms with E-state index in [4.69, 9.17) is 9.84 Å². The molecule has 0 fully saturated rings. The molecule has 0 atom stereocenters. The van der Waals surface area contributed by atoms with Crippen molar-refractivity contribution < 1.29 is 19.4 Å². The molecule has 0 aromatic heterocycles. The van der Waals surface area contributed by atoms with Gasteiger partial charge in [0.1, 0.15) is 5.75 Å². The average molecular weight is 265 g/mol. The molecule has 0 bridgehead atoms. The molecule has 104 valence electrons. The van der Waals surface area contributed by atoms with Crippen molar-refractivity contribution in [2.75, 3.05) is 20.7 Å². The van der Waals surface area contributed by atoms with Gasteiger partial charge in [0.05, 0.1) is 13.5 Å². The minimum Gasteiger partial charge on any atom is -0.496 e. The fourth-order valence-corrected chi connectivity index (χ4v) is 1.73. The summed E-state index contributed by atoms with van der Waals surface area (Å²) in [5.41, 5.74) is 0.977. The molecule has 1 N–H and O–H groups in total. The van der Waals surface area contributed by atoms with Crippen LogP contribution < -0.4 is 4.74 Å². The number of hydrogen-bond acceptors (Lipinski definition) is 3. The molecule has 1 rings (SSSR count). The van der Waals surface area contributed by atoms with Crippen molar-refractivity contribution in [3.63, 3.8) is 0 Å². The summed E-state index contributed by atoms with van der Waals surface area (Å²) in [6.45, 7) is 0.236. The SMILES string of the molecule is COc1ccccc1CCC(=O)N(C)CCC(=O)O. The highest BCUT2D eigenvalue weighted by atomic mass is 16.5. The van der Waals surface area contributed by atoms with E-state index in [1.54, 1.807) is 14.2 Å². The number of rotatable bonds is 7. The number of carbonyl (C=O) groups is 2. The molecule has 0 spiro atoms. The zero-order valence-corrected chi connectivity index (χ0v) is 11.3. The van der Waals surface area contributed by atoms with Gasteiger partial charge in [-0.3, -0.25) is 9.59 Å². The quantitative estimate of drug-likeness (QED) is 0.812. The number of nitrogens with zero attached hydrogens (tertiary/aromatic N) is 1. The summed E-state index contributed by atoms with van der Waals surface area (Å²) in [5.74, 6) is -0.194. The van der Waals surface area contributed by atoms with Crippen LogP contribution in [0.5, 0.6) is 5.75 Å². The highest BCUT2D eigenvalue weighted by Gasteiger charge is 2.11. The molecule has 0 radical (unpaired) electrons. The smallest absolute Gasteiger partial charge is 0.305 e. The van der Waals surface area contributed by atoms with E-state index in [0.29, 0.717) is 12.8 Å². The van der Waals surface area contributed by atoms with Crippen LogP contribution in [-0.2, 0) is 16.0 Å². The monoisotopic (exact) mass is 265 g/mol. The molecular weight excluding hydrogens is 246 g/mol. The summed E-state index contributed by atoms with van der Waals surface area (Å²) in [6, 6.07) is 7.55. The van der Waals surface area contributed by atoms with Crippen molar-refractivity contribution >= 4 is 11.9 Å². The summed E-state index contributed by atoms with van der Waals surface area (Å²) in [4.78, 5) is 23.7. The van der Waals surface area contributed by atoms with Gasteiger partial charge in [-0.2, -0.15) is 0 Å². The second-order valence-corrected chi connectivity index (χ2v) is 4.27. The van der Waals surface area contributed by atoms with Crippen LogP contribution in [-0.4, -0.2) is 42.6 Å². The van der Waals surface area contributed by atoms with Gasteiger partial charge < -0.3 is 14.7 Å². The Labute approximate surface area is 112 Å². The highest BCUT2D eigenvalue weighted by molar-refractivity contribution is 5.77. The van der Waals surface area contributed by atoms with Crippen molar-refractivity contribution in [2.45, 2.75) is 19.3 Å². The first-order valence-corrected chi connectivity index (χ1v) is 6.12. The molecule has 1 amide bonds. The maximum atomic E-state index is 11.8. The fraction of sp³-hybridized carbons (Fsp3) is 0.429. The lowest BCUT2D eigenvalue weighted by Crippen LogP contribution is -2.29. The van der Waals surface area contributed by atoms with Crippen LogP contribution >= 0.6 is 0 Å². The van der Waals surface area contributed by atoms with Crippen molar-refractivity contribution in [1.82, 2.24) is 4.90 Å². The van der Waals surface area contributed by atoms with Crippen molar-refractivity contribution in [3.05, 3.63) is 29.8 Å². The van der Waals surface area contributed by atoms with Crippen molar-refractivity contribution in [1.29, 1.82) is 0 Å². The maximum absolute atomic E-state index is 11.8. The van der Waals surface area contributed by atoms with Crippen LogP contribution in [0, 0.1) is 0 Å². The predicted octanol–water partition coefficient (Wildman–Crippen LogP) is 1.56. The Kier molecular flexibility index (Phi) is 5.85. The van der Waals surface area contributed by atoms with Gasteiger partial charge >= 0.3 is 5.97 Å². The van der Waals surface area contributed by atoms with Crippen LogP contribution in [0.15, 0.2) is 24.3 Å². The van der Waals surface area contributed by atoms with Gasteiger partial charge in [-0.15, -0.1) is 0 Å². The number of carboxylic acids is 1. The fourth-order valence-electron chi connectivity index (χ4n) is 1.73. The Morgan fingerprint density at radius 1 is 1.26 bits per heavy atom. The lowest BCUT2D eigenvalue weighted by atomic mass is 10.1. The molecule has 1 aromatic carbocycles. The van der Waals surface area contributed by atoms with E-state index < -0.39 is 5.97 Å². The minimum absolute atomic E-state index is 0.0309. The van der Waals surface area contributed by atoms with E-state index in [1.807, 2.05) is 24.3 Å². The molecule has 5 heteroatoms. The Bertz CT molecular complexity index is 445. The molecule has 0 saturated carbocycles. The number of hydrogen-bond donors (Lipinski definition) is 1. The molecule has 0 unspecified atom stereocenters. The summed E-state index contributed by atoms with van der Waals surface area (Å²) in [6.07, 6.45) is 0.896. The third-order valence-electron chi connectivity index (χ3n) is 2.89. The largest absolute Gasteiger partial charge is 0.496 e. The van der Waals surface area contributed by atoms with Gasteiger partial charge in [0.15, 0.2) is 0 Å². The van der Waals surface area contributed by atoms with E-state index >= 15 is 0 Å². The van der Waals surface area contributed by atoms with Crippen LogP contribution in [0.4, 0.5) is 0 Å². The Hall–Kier alpha value is -2.04. The van der Waals surface area contributed by atoms with Crippen LogP contribution in [0.25, 0.3) is 0 Å². The first-order valence-electron chi connectivity index (χ1n) is 6.12. The first kappa shape index (κ1) is 15.0. The van der Waals surface area contributed by atoms with Gasteiger partial charge in [0, 0.05) is 20.0 Å². The van der Waals surface area contributed by atoms with Crippen LogP contribution in [0.2, 0.25) is 0 Å². The number of para-hydroxylation sites is 1. The number of aryl methyl sites for hydroxylation is 1. The lowest BCUT2D eigenvalue weighted by Gasteiger charge is -2.16. The molecule has 5 nitrogen and oxygen atoms in total. The van der Waals surface area contributed by atoms with Crippen molar-refractivity contribution in [2.24, 2.45) is 0 Å². The summed E-state index contributed by atoms with van der Waals surface area (Å²) >= 11 is 0. The zero-order valence-electron chi connectivity index (χ0n) is 11.3. The molecule has 0 heterocycles. The molecular formula is C14H19NO4. The molecule has 1 aromatic rings. The predicted molar refractivity (Wildman–Crippen MR) is 71.2 cm³/mol. The normalized spacial score (nSPS) is 10.0. The second-order valence-electron chi connectivity index (χ2n) is 4.27. The third-order valence-corrected chi connectivity index (χ3v) is 2.89. The van der Waals surface area contributed by atoms with Gasteiger partial charge in [-0.05, 0) is 18.1 Å². The van der Waals surface area contributed by atoms with Gasteiger partial charge in [0.25, 0.3) is 0 Å². The van der Waals surface area contributed by atoms with Crippen LogP contribution in [0.1, 0.15) is 18.4 Å². The number of benzene rings is 1. The van der Waals surface area contributed by atoms with Crippen LogP contribution in [0.3, 0.4) is 0 Å². The van der Waals surface area contributed by atoms with E-state index in [0.717, 1.165) is 11.3 Å². The average Bonchev–Trinajstić information content (AvgIpc) is 2.42. The van der Waals surface area contributed by atoms with E-state index in [9.17, 15) is 9.59 Å². The Morgan fingerprint density at radius 2 is 1.95 bits per heavy atom. The van der Waals surface area contributed by atoms with Gasteiger partial charge in [-0.1, -0.05) is 18.2 Å². The topological polar surface area (TPSA) is 66.8 Å². The molecule has 0 aliphatic heterocycles. The minimum atomic E-state index is -0.899. The summed E-state index contributed by atoms with van der Waals surface area (Å²) in [5, 5.41) is 8.57. The number of amides is 1. The maximum Gasteiger partial charge on any atom is 0.305 e. The second kappa shape index (κ2) is 7.41. The number of carbonyl (C=O) groups excluding carboxylic acids is 1. The molecule has 0 saturated heterocycles. The van der Waals surface area contributed by atoms with E-state index in [2.05, 4.69) is 0 Å². The molecule has 0 aliphatic rings. The first-order chi connectivity index (χ1) is 9.04. The number of aliphatic carboxylic acids is 1. The zero-order chi connectivity index (χ0) is 14.3. The lowest BCUT2D eigenvalue weighted by molar-refractivity contribution is -0.138. The van der Waals surface area contributed by atoms with Gasteiger partial charge in [-0.25, -0.2) is 0 Å². The Balaban J connectivity index is 2.47. The number of methoxy groups -OCH3 is 1. The van der Waals surface area contributed by atoms with E-state index in [1.165, 1.54) is 4.90 Å². The number of carboxylic acid groups (broad SMARTS) is 1. The van der Waals surface area contributed by atoms with E-state index in [-0.39, 0.29) is 18.9 Å². The molecule has 19 heavy (non-hydrogen) atoms. The highest BCUT2D eigenvalue weighted by Crippen LogP contribution is 2.19. The third kappa shape index (κ3) is 4.99. The summed E-state index contributed by atoms with van der Waals surface area (Å²) < 4.78 is 5.21. The standard InChI is InChI=1S/C14H19NO4/c1-15(10-9-14(17)18)13(16)8-7-11-5-3-4-6-12(11)19-2/h3-6H,7-10H2,1-2H3,(H,17,18). The van der Waals surface area contributed by atoms with Gasteiger partial charge in [0.2, 0.25) is 5.91 Å². The number of ether oxygens (including phenoxy) is 1. The molecule has 0 aliphatic carbocycles. The summed E-state index contributed by atoms with van der Waals surface area (Å²) in [7, 11) is 3.22. The van der Waals surface area contributed by atoms with Crippen molar-refractivity contribution in [3.8, 4) is 5.75 Å².